The molecule has 2 rings (SSSR count). The summed E-state index contributed by atoms with van der Waals surface area (Å²) < 4.78 is 0. The van der Waals surface area contributed by atoms with Crippen molar-refractivity contribution >= 4 is 29.0 Å². The van der Waals surface area contributed by atoms with E-state index in [0.717, 1.165) is 6.42 Å². The van der Waals surface area contributed by atoms with Crippen molar-refractivity contribution in [2.45, 2.75) is 26.2 Å². The quantitative estimate of drug-likeness (QED) is 0.838. The number of Topliss-reactive ketones (excluding diaryl/α,β-unsaturated/α-hetero) is 1. The van der Waals surface area contributed by atoms with Gasteiger partial charge in [-0.05, 0) is 25.5 Å². The number of carbonyl (C=O) groups excluding carboxylic acids is 3. The molecule has 1 aromatic rings. The number of anilines is 2. The molecule has 0 spiro atoms. The smallest absolute Gasteiger partial charge is 0.231 e. The van der Waals surface area contributed by atoms with Gasteiger partial charge in [-0.2, -0.15) is 0 Å². The van der Waals surface area contributed by atoms with Crippen LogP contribution in [0.15, 0.2) is 24.3 Å². The first-order chi connectivity index (χ1) is 9.08. The molecule has 1 heterocycles. The van der Waals surface area contributed by atoms with E-state index in [1.54, 1.807) is 23.1 Å². The molecule has 5 nitrogen and oxygen atoms in total. The van der Waals surface area contributed by atoms with Gasteiger partial charge in [-0.15, -0.1) is 0 Å². The molecule has 1 fully saturated rings. The van der Waals surface area contributed by atoms with Crippen LogP contribution in [0.1, 0.15) is 26.2 Å². The van der Waals surface area contributed by atoms with Gasteiger partial charge in [0.05, 0.1) is 17.8 Å². The number of nitrogens with zero attached hydrogens (tertiary/aromatic N) is 1. The van der Waals surface area contributed by atoms with Gasteiger partial charge in [0.25, 0.3) is 0 Å². The Labute approximate surface area is 111 Å². The Kier molecular flexibility index (Phi) is 3.94. The summed E-state index contributed by atoms with van der Waals surface area (Å²) in [4.78, 5) is 36.0. The highest BCUT2D eigenvalue weighted by atomic mass is 16.2. The molecule has 0 radical (unpaired) electrons. The van der Waals surface area contributed by atoms with Crippen molar-refractivity contribution in [1.82, 2.24) is 0 Å². The van der Waals surface area contributed by atoms with Crippen LogP contribution in [0.4, 0.5) is 11.4 Å². The van der Waals surface area contributed by atoms with Gasteiger partial charge in [0, 0.05) is 13.0 Å². The normalized spacial score (nSPS) is 14.6. The minimum atomic E-state index is -0.355. The van der Waals surface area contributed by atoms with E-state index in [-0.39, 0.29) is 24.0 Å². The average molecular weight is 260 g/mol. The summed E-state index contributed by atoms with van der Waals surface area (Å²) in [6.07, 6.45) is 1.21. The Morgan fingerprint density at radius 3 is 2.68 bits per heavy atom. The van der Waals surface area contributed by atoms with E-state index in [1.807, 2.05) is 6.07 Å². The van der Waals surface area contributed by atoms with Crippen molar-refractivity contribution in [3.05, 3.63) is 24.3 Å². The van der Waals surface area contributed by atoms with E-state index in [2.05, 4.69) is 5.32 Å². The Bertz CT molecular complexity index is 525. The molecule has 5 heteroatoms. The Morgan fingerprint density at radius 2 is 2.05 bits per heavy atom. The van der Waals surface area contributed by atoms with Crippen molar-refractivity contribution in [1.29, 1.82) is 0 Å². The minimum Gasteiger partial charge on any atom is -0.324 e. The number of nitrogens with one attached hydrogen (secondary N) is 1. The third-order valence-corrected chi connectivity index (χ3v) is 2.95. The van der Waals surface area contributed by atoms with Crippen molar-refractivity contribution in [2.75, 3.05) is 16.8 Å². The van der Waals surface area contributed by atoms with E-state index < -0.39 is 0 Å². The summed E-state index contributed by atoms with van der Waals surface area (Å²) in [6, 6.07) is 7.14. The lowest BCUT2D eigenvalue weighted by Gasteiger charge is -2.19. The molecule has 19 heavy (non-hydrogen) atoms. The largest absolute Gasteiger partial charge is 0.324 e. The van der Waals surface area contributed by atoms with Crippen molar-refractivity contribution in [3.63, 3.8) is 0 Å². The van der Waals surface area contributed by atoms with Crippen LogP contribution in [0.5, 0.6) is 0 Å². The lowest BCUT2D eigenvalue weighted by atomic mass is 10.2. The summed E-state index contributed by atoms with van der Waals surface area (Å²) in [7, 11) is 0. The lowest BCUT2D eigenvalue weighted by Crippen LogP contribution is -2.25. The lowest BCUT2D eigenvalue weighted by molar-refractivity contribution is -0.124. The first-order valence-electron chi connectivity index (χ1n) is 6.26. The summed E-state index contributed by atoms with van der Waals surface area (Å²) in [5.74, 6) is -0.480. The maximum atomic E-state index is 11.7. The standard InChI is InChI=1S/C14H16N2O3/c1-10(17)9-13(18)15-11-5-2-3-6-12(11)16-8-4-7-14(16)19/h2-3,5-6H,4,7-9H2,1H3,(H,15,18). The zero-order chi connectivity index (χ0) is 13.8. The summed E-state index contributed by atoms with van der Waals surface area (Å²) in [5, 5.41) is 2.69. The number of para-hydroxylation sites is 2. The molecule has 1 aromatic carbocycles. The number of rotatable bonds is 4. The molecular weight excluding hydrogens is 244 g/mol. The molecule has 100 valence electrons. The Morgan fingerprint density at radius 1 is 1.32 bits per heavy atom. The van der Waals surface area contributed by atoms with Gasteiger partial charge in [-0.25, -0.2) is 0 Å². The Hall–Kier alpha value is -2.17. The number of ketones is 1. The second-order valence-corrected chi connectivity index (χ2v) is 4.59. The van der Waals surface area contributed by atoms with Gasteiger partial charge in [-0.3, -0.25) is 14.4 Å². The third kappa shape index (κ3) is 3.19. The van der Waals surface area contributed by atoms with Crippen LogP contribution < -0.4 is 10.2 Å². The summed E-state index contributed by atoms with van der Waals surface area (Å²) >= 11 is 0. The highest BCUT2D eigenvalue weighted by molar-refractivity contribution is 6.06. The first-order valence-corrected chi connectivity index (χ1v) is 6.26. The molecule has 1 saturated heterocycles. The number of carbonyl (C=O) groups is 3. The number of hydrogen-bond acceptors (Lipinski definition) is 3. The predicted molar refractivity (Wildman–Crippen MR) is 72.0 cm³/mol. The van der Waals surface area contributed by atoms with Crippen LogP contribution in [-0.2, 0) is 14.4 Å². The van der Waals surface area contributed by atoms with Crippen LogP contribution in [0.3, 0.4) is 0 Å². The number of hydrogen-bond donors (Lipinski definition) is 1. The van der Waals surface area contributed by atoms with Crippen LogP contribution in [0, 0.1) is 0 Å². The molecule has 1 aliphatic rings. The van der Waals surface area contributed by atoms with Crippen LogP contribution >= 0.6 is 0 Å². The fraction of sp³-hybridized carbons (Fsp3) is 0.357. The highest BCUT2D eigenvalue weighted by Gasteiger charge is 2.24. The van der Waals surface area contributed by atoms with Gasteiger partial charge >= 0.3 is 0 Å². The topological polar surface area (TPSA) is 66.5 Å². The number of amides is 2. The van der Waals surface area contributed by atoms with Crippen LogP contribution in [-0.4, -0.2) is 24.1 Å². The van der Waals surface area contributed by atoms with E-state index in [9.17, 15) is 14.4 Å². The maximum Gasteiger partial charge on any atom is 0.231 e. The van der Waals surface area contributed by atoms with Crippen LogP contribution in [0.2, 0.25) is 0 Å². The molecular formula is C14H16N2O3. The van der Waals surface area contributed by atoms with Crippen LogP contribution in [0.25, 0.3) is 0 Å². The van der Waals surface area contributed by atoms with E-state index >= 15 is 0 Å². The van der Waals surface area contributed by atoms with Gasteiger partial charge in [0.2, 0.25) is 11.8 Å². The predicted octanol–water partition coefficient (Wildman–Crippen LogP) is 1.73. The number of benzene rings is 1. The van der Waals surface area contributed by atoms with Crippen molar-refractivity contribution in [2.24, 2.45) is 0 Å². The van der Waals surface area contributed by atoms with Gasteiger partial charge in [0.15, 0.2) is 0 Å². The molecule has 0 aliphatic carbocycles. The fourth-order valence-corrected chi connectivity index (χ4v) is 2.14. The molecule has 1 N–H and O–H groups in total. The van der Waals surface area contributed by atoms with Gasteiger partial charge in [-0.1, -0.05) is 12.1 Å². The highest BCUT2D eigenvalue weighted by Crippen LogP contribution is 2.29. The molecule has 0 atom stereocenters. The van der Waals surface area contributed by atoms with Crippen molar-refractivity contribution < 1.29 is 14.4 Å². The molecule has 0 saturated carbocycles. The second kappa shape index (κ2) is 5.65. The van der Waals surface area contributed by atoms with E-state index in [1.165, 1.54) is 6.92 Å². The average Bonchev–Trinajstić information content (AvgIpc) is 2.75. The Balaban J connectivity index is 2.19. The fourth-order valence-electron chi connectivity index (χ4n) is 2.14. The second-order valence-electron chi connectivity index (χ2n) is 4.59. The monoisotopic (exact) mass is 260 g/mol. The molecule has 2 amide bonds. The van der Waals surface area contributed by atoms with E-state index in [4.69, 9.17) is 0 Å². The summed E-state index contributed by atoms with van der Waals surface area (Å²) in [6.45, 7) is 2.04. The van der Waals surface area contributed by atoms with Gasteiger partial charge in [0.1, 0.15) is 5.78 Å². The first kappa shape index (κ1) is 13.3. The molecule has 0 aromatic heterocycles. The molecule has 0 bridgehead atoms. The van der Waals surface area contributed by atoms with E-state index in [0.29, 0.717) is 24.3 Å². The minimum absolute atomic E-state index is 0.0632. The summed E-state index contributed by atoms with van der Waals surface area (Å²) in [5.41, 5.74) is 1.27. The zero-order valence-electron chi connectivity index (χ0n) is 10.8. The maximum absolute atomic E-state index is 11.7. The SMILES string of the molecule is CC(=O)CC(=O)Nc1ccccc1N1CCCC1=O. The van der Waals surface area contributed by atoms with Gasteiger partial charge < -0.3 is 10.2 Å². The molecule has 0 unspecified atom stereocenters. The third-order valence-electron chi connectivity index (χ3n) is 2.95. The van der Waals surface area contributed by atoms with Crippen molar-refractivity contribution in [3.8, 4) is 0 Å². The molecule has 1 aliphatic heterocycles. The zero-order valence-corrected chi connectivity index (χ0v) is 10.8.